The number of pyridine rings is 1. The summed E-state index contributed by atoms with van der Waals surface area (Å²) in [4.78, 5) is 11.3. The molecule has 18 heavy (non-hydrogen) atoms. The van der Waals surface area contributed by atoms with Gasteiger partial charge in [-0.2, -0.15) is 4.39 Å². The molecule has 3 aromatic heterocycles. The summed E-state index contributed by atoms with van der Waals surface area (Å²) >= 11 is 0. The second-order valence-corrected chi connectivity index (χ2v) is 4.52. The molecule has 0 aliphatic carbocycles. The van der Waals surface area contributed by atoms with Crippen molar-refractivity contribution in [2.75, 3.05) is 0 Å². The number of halogens is 1. The molecule has 3 aromatic rings. The van der Waals surface area contributed by atoms with Gasteiger partial charge in [0.2, 0.25) is 5.95 Å². The van der Waals surface area contributed by atoms with Crippen molar-refractivity contribution in [1.82, 2.24) is 19.4 Å². The molecule has 0 aliphatic rings. The summed E-state index contributed by atoms with van der Waals surface area (Å²) in [6, 6.07) is 3.69. The Morgan fingerprint density at radius 2 is 2.11 bits per heavy atom. The summed E-state index contributed by atoms with van der Waals surface area (Å²) in [7, 11) is 0. The van der Waals surface area contributed by atoms with Crippen LogP contribution in [0.1, 0.15) is 25.3 Å². The minimum absolute atomic E-state index is 0.142. The van der Waals surface area contributed by atoms with Gasteiger partial charge in [0.1, 0.15) is 12.0 Å². The van der Waals surface area contributed by atoms with E-state index >= 15 is 0 Å². The summed E-state index contributed by atoms with van der Waals surface area (Å²) in [5.41, 5.74) is 2.06. The van der Waals surface area contributed by atoms with Gasteiger partial charge in [0, 0.05) is 18.0 Å². The third kappa shape index (κ3) is 1.51. The molecule has 0 bridgehead atoms. The van der Waals surface area contributed by atoms with E-state index in [2.05, 4.69) is 15.0 Å². The fourth-order valence-corrected chi connectivity index (χ4v) is 2.06. The van der Waals surface area contributed by atoms with Crippen LogP contribution in [0.15, 0.2) is 30.9 Å². The van der Waals surface area contributed by atoms with E-state index in [1.165, 1.54) is 10.7 Å². The molecule has 1 N–H and O–H groups in total. The average Bonchev–Trinajstić information content (AvgIpc) is 2.96. The second-order valence-electron chi connectivity index (χ2n) is 4.52. The van der Waals surface area contributed by atoms with Crippen LogP contribution in [0.3, 0.4) is 0 Å². The normalized spacial score (nSPS) is 11.6. The molecule has 0 fully saturated rings. The van der Waals surface area contributed by atoms with Crippen molar-refractivity contribution >= 4 is 5.52 Å². The van der Waals surface area contributed by atoms with Gasteiger partial charge in [0.15, 0.2) is 5.82 Å². The minimum Gasteiger partial charge on any atom is -0.343 e. The van der Waals surface area contributed by atoms with E-state index in [4.69, 9.17) is 0 Å². The van der Waals surface area contributed by atoms with Gasteiger partial charge >= 0.3 is 0 Å². The van der Waals surface area contributed by atoms with Crippen LogP contribution in [0.4, 0.5) is 4.39 Å². The highest BCUT2D eigenvalue weighted by Gasteiger charge is 2.15. The summed E-state index contributed by atoms with van der Waals surface area (Å²) in [5, 5.41) is 0. The van der Waals surface area contributed by atoms with Gasteiger partial charge in [0.25, 0.3) is 0 Å². The Labute approximate surface area is 104 Å². The van der Waals surface area contributed by atoms with Crippen LogP contribution in [0.25, 0.3) is 17.0 Å². The predicted molar refractivity (Wildman–Crippen MR) is 66.8 cm³/mol. The highest BCUT2D eigenvalue weighted by Crippen LogP contribution is 2.25. The molecule has 5 heteroatoms. The first kappa shape index (κ1) is 11.0. The van der Waals surface area contributed by atoms with Crippen LogP contribution in [-0.2, 0) is 0 Å². The number of H-pyrrole nitrogens is 1. The molecule has 0 amide bonds. The largest absolute Gasteiger partial charge is 0.343 e. The number of imidazole rings is 2. The van der Waals surface area contributed by atoms with Crippen LogP contribution in [0, 0.1) is 5.95 Å². The molecule has 3 rings (SSSR count). The third-order valence-corrected chi connectivity index (χ3v) is 3.02. The third-order valence-electron chi connectivity index (χ3n) is 3.02. The zero-order chi connectivity index (χ0) is 12.7. The van der Waals surface area contributed by atoms with Crippen LogP contribution < -0.4 is 0 Å². The Bertz CT molecular complexity index is 682. The van der Waals surface area contributed by atoms with Crippen molar-refractivity contribution in [1.29, 1.82) is 0 Å². The highest BCUT2D eigenvalue weighted by atomic mass is 19.1. The number of fused-ring (bicyclic) bond motifs is 1. The monoisotopic (exact) mass is 244 g/mol. The van der Waals surface area contributed by atoms with Gasteiger partial charge in [-0.05, 0) is 12.0 Å². The number of aromatic nitrogens is 4. The fraction of sp³-hybridized carbons (Fsp3) is 0.231. The fourth-order valence-electron chi connectivity index (χ4n) is 2.06. The quantitative estimate of drug-likeness (QED) is 0.704. The maximum Gasteiger partial charge on any atom is 0.202 e. The first-order valence-electron chi connectivity index (χ1n) is 5.83. The van der Waals surface area contributed by atoms with Crippen molar-refractivity contribution in [3.8, 4) is 11.5 Å². The van der Waals surface area contributed by atoms with E-state index < -0.39 is 0 Å². The summed E-state index contributed by atoms with van der Waals surface area (Å²) < 4.78 is 15.7. The lowest BCUT2D eigenvalue weighted by Gasteiger charge is -2.08. The second kappa shape index (κ2) is 3.94. The molecule has 92 valence electrons. The number of nitrogens with one attached hydrogen (secondary N) is 1. The van der Waals surface area contributed by atoms with E-state index in [9.17, 15) is 4.39 Å². The molecular formula is C13H13FN4. The van der Waals surface area contributed by atoms with Crippen molar-refractivity contribution in [3.05, 3.63) is 42.4 Å². The van der Waals surface area contributed by atoms with Gasteiger partial charge in [-0.15, -0.1) is 0 Å². The molecule has 0 aliphatic heterocycles. The van der Waals surface area contributed by atoms with Crippen molar-refractivity contribution in [3.63, 3.8) is 0 Å². The predicted octanol–water partition coefficient (Wildman–Crippen LogP) is 2.99. The number of hydrogen-bond donors (Lipinski definition) is 1. The summed E-state index contributed by atoms with van der Waals surface area (Å²) in [5.74, 6) is 0.533. The average molecular weight is 244 g/mol. The molecule has 4 nitrogen and oxygen atoms in total. The van der Waals surface area contributed by atoms with Gasteiger partial charge in [0.05, 0.1) is 5.52 Å². The Kier molecular flexibility index (Phi) is 2.40. The Morgan fingerprint density at radius 1 is 1.28 bits per heavy atom. The van der Waals surface area contributed by atoms with Crippen molar-refractivity contribution in [2.45, 2.75) is 19.8 Å². The van der Waals surface area contributed by atoms with E-state index in [0.717, 1.165) is 0 Å². The first-order valence-corrected chi connectivity index (χ1v) is 5.83. The SMILES string of the molecule is CC(C)c1ccc2c(-c3ncc[nH]3)ncn2c1F. The van der Waals surface area contributed by atoms with E-state index in [0.29, 0.717) is 22.6 Å². The smallest absolute Gasteiger partial charge is 0.202 e. The van der Waals surface area contributed by atoms with Gasteiger partial charge in [-0.25, -0.2) is 9.97 Å². The molecule has 3 heterocycles. The number of aromatic amines is 1. The molecular weight excluding hydrogens is 231 g/mol. The highest BCUT2D eigenvalue weighted by molar-refractivity contribution is 5.72. The number of hydrogen-bond acceptors (Lipinski definition) is 2. The Hall–Kier alpha value is -2.17. The van der Waals surface area contributed by atoms with Gasteiger partial charge in [-0.3, -0.25) is 4.40 Å². The van der Waals surface area contributed by atoms with E-state index in [-0.39, 0.29) is 11.9 Å². The van der Waals surface area contributed by atoms with Crippen molar-refractivity contribution in [2.24, 2.45) is 0 Å². The van der Waals surface area contributed by atoms with Crippen LogP contribution >= 0.6 is 0 Å². The van der Waals surface area contributed by atoms with E-state index in [1.807, 2.05) is 26.0 Å². The molecule has 0 aromatic carbocycles. The molecule has 0 saturated heterocycles. The van der Waals surface area contributed by atoms with Crippen LogP contribution in [-0.4, -0.2) is 19.4 Å². The first-order chi connectivity index (χ1) is 8.68. The molecule has 0 saturated carbocycles. The zero-order valence-corrected chi connectivity index (χ0v) is 10.2. The van der Waals surface area contributed by atoms with Gasteiger partial charge < -0.3 is 4.98 Å². The molecule has 0 unspecified atom stereocenters. The topological polar surface area (TPSA) is 46.0 Å². The zero-order valence-electron chi connectivity index (χ0n) is 10.2. The van der Waals surface area contributed by atoms with Crippen LogP contribution in [0.2, 0.25) is 0 Å². The standard InChI is InChI=1S/C13H13FN4/c1-8(2)9-3-4-10-11(13-15-5-6-16-13)17-7-18(10)12(9)14/h3-8H,1-2H3,(H,15,16). The number of nitrogens with zero attached hydrogens (tertiary/aromatic N) is 3. The van der Waals surface area contributed by atoms with E-state index in [1.54, 1.807) is 12.4 Å². The van der Waals surface area contributed by atoms with Gasteiger partial charge in [-0.1, -0.05) is 19.9 Å². The maximum atomic E-state index is 14.3. The molecule has 0 radical (unpaired) electrons. The Morgan fingerprint density at radius 3 is 2.78 bits per heavy atom. The lowest BCUT2D eigenvalue weighted by molar-refractivity contribution is 0.541. The lowest BCUT2D eigenvalue weighted by atomic mass is 10.1. The minimum atomic E-state index is -0.257. The number of rotatable bonds is 2. The Balaban J connectivity index is 2.25. The van der Waals surface area contributed by atoms with Crippen LogP contribution in [0.5, 0.6) is 0 Å². The summed E-state index contributed by atoms with van der Waals surface area (Å²) in [6.45, 7) is 3.93. The molecule has 0 atom stereocenters. The molecule has 0 spiro atoms. The maximum absolute atomic E-state index is 14.3. The summed E-state index contributed by atoms with van der Waals surface area (Å²) in [6.07, 6.45) is 4.87. The lowest BCUT2D eigenvalue weighted by Crippen LogP contribution is -2.00. The van der Waals surface area contributed by atoms with Crippen molar-refractivity contribution < 1.29 is 4.39 Å².